The molecule has 3 amide bonds. The molecule has 19 heavy (non-hydrogen) atoms. The number of nitrogens with zero attached hydrogens (tertiary/aromatic N) is 1. The van der Waals surface area contributed by atoms with E-state index < -0.39 is 23.9 Å². The van der Waals surface area contributed by atoms with Crippen LogP contribution in [0.4, 0.5) is 4.79 Å². The maximum atomic E-state index is 12.1. The summed E-state index contributed by atoms with van der Waals surface area (Å²) in [6, 6.07) is 5.72. The predicted octanol–water partition coefficient (Wildman–Crippen LogP) is 1.45. The monoisotopic (exact) mass is 260 g/mol. The van der Waals surface area contributed by atoms with Crippen LogP contribution in [-0.2, 0) is 0 Å². The number of rotatable bonds is 3. The molecule has 6 nitrogen and oxygen atoms in total. The Kier molecular flexibility index (Phi) is 3.08. The van der Waals surface area contributed by atoms with Gasteiger partial charge in [-0.3, -0.25) is 19.8 Å². The van der Waals surface area contributed by atoms with E-state index in [4.69, 9.17) is 5.11 Å². The molecule has 2 rings (SSSR count). The second-order valence-corrected chi connectivity index (χ2v) is 4.16. The quantitative estimate of drug-likeness (QED) is 0.805. The molecule has 0 bridgehead atoms. The molecular weight excluding hydrogens is 248 g/mol. The molecule has 0 aromatic heterocycles. The smallest absolute Gasteiger partial charge is 0.408 e. The van der Waals surface area contributed by atoms with Gasteiger partial charge in [0.15, 0.2) is 0 Å². The van der Waals surface area contributed by atoms with E-state index in [0.29, 0.717) is 11.1 Å². The Hall–Kier alpha value is -2.63. The molecule has 2 N–H and O–H groups in total. The van der Waals surface area contributed by atoms with Crippen LogP contribution in [0.2, 0.25) is 0 Å². The van der Waals surface area contributed by atoms with Gasteiger partial charge >= 0.3 is 6.09 Å². The van der Waals surface area contributed by atoms with E-state index in [-0.39, 0.29) is 5.70 Å². The van der Waals surface area contributed by atoms with Crippen LogP contribution >= 0.6 is 0 Å². The first kappa shape index (κ1) is 12.8. The molecule has 0 saturated heterocycles. The van der Waals surface area contributed by atoms with Crippen LogP contribution < -0.4 is 5.32 Å². The van der Waals surface area contributed by atoms with Crippen molar-refractivity contribution in [2.75, 3.05) is 0 Å². The van der Waals surface area contributed by atoms with Gasteiger partial charge < -0.3 is 5.11 Å². The SMILES string of the molecule is C=C(NC(=O)O)C(C)N1C(=O)c2ccccc2C1=O. The number of hydrogen-bond donors (Lipinski definition) is 2. The van der Waals surface area contributed by atoms with Gasteiger partial charge in [-0.05, 0) is 19.1 Å². The zero-order valence-electron chi connectivity index (χ0n) is 10.2. The number of benzene rings is 1. The largest absolute Gasteiger partial charge is 0.465 e. The van der Waals surface area contributed by atoms with Crippen molar-refractivity contribution in [1.29, 1.82) is 0 Å². The second-order valence-electron chi connectivity index (χ2n) is 4.16. The molecule has 0 aliphatic carbocycles. The van der Waals surface area contributed by atoms with Crippen LogP contribution in [-0.4, -0.2) is 34.0 Å². The molecule has 0 spiro atoms. The highest BCUT2D eigenvalue weighted by Crippen LogP contribution is 2.25. The van der Waals surface area contributed by atoms with E-state index in [2.05, 4.69) is 11.9 Å². The Balaban J connectivity index is 2.29. The summed E-state index contributed by atoms with van der Waals surface area (Å²) in [5, 5.41) is 10.7. The van der Waals surface area contributed by atoms with Gasteiger partial charge in [-0.25, -0.2) is 4.79 Å². The van der Waals surface area contributed by atoms with Gasteiger partial charge in [-0.2, -0.15) is 0 Å². The molecule has 1 aromatic rings. The van der Waals surface area contributed by atoms with E-state index >= 15 is 0 Å². The minimum atomic E-state index is -1.28. The summed E-state index contributed by atoms with van der Waals surface area (Å²) in [5.74, 6) is -0.886. The molecule has 0 fully saturated rings. The van der Waals surface area contributed by atoms with Crippen LogP contribution in [0.3, 0.4) is 0 Å². The van der Waals surface area contributed by atoms with Crippen molar-refractivity contribution in [2.45, 2.75) is 13.0 Å². The molecule has 1 unspecified atom stereocenters. The van der Waals surface area contributed by atoms with Gasteiger partial charge in [0.05, 0.1) is 17.2 Å². The Labute approximate surface area is 109 Å². The lowest BCUT2D eigenvalue weighted by atomic mass is 10.1. The summed E-state index contributed by atoms with van der Waals surface area (Å²) >= 11 is 0. The van der Waals surface area contributed by atoms with Gasteiger partial charge in [0.25, 0.3) is 11.8 Å². The van der Waals surface area contributed by atoms with E-state index in [9.17, 15) is 14.4 Å². The fourth-order valence-corrected chi connectivity index (χ4v) is 1.96. The Morgan fingerprint density at radius 3 is 2.16 bits per heavy atom. The zero-order valence-corrected chi connectivity index (χ0v) is 10.2. The first-order chi connectivity index (χ1) is 8.93. The van der Waals surface area contributed by atoms with Gasteiger partial charge in [0, 0.05) is 5.70 Å². The number of fused-ring (bicyclic) bond motifs is 1. The lowest BCUT2D eigenvalue weighted by Crippen LogP contribution is -2.43. The number of hydrogen-bond acceptors (Lipinski definition) is 3. The summed E-state index contributed by atoms with van der Waals surface area (Å²) in [6.07, 6.45) is -1.28. The number of carbonyl (C=O) groups is 3. The van der Waals surface area contributed by atoms with Crippen molar-refractivity contribution >= 4 is 17.9 Å². The summed E-state index contributed by atoms with van der Waals surface area (Å²) < 4.78 is 0. The van der Waals surface area contributed by atoms with Crippen molar-refractivity contribution in [3.63, 3.8) is 0 Å². The zero-order chi connectivity index (χ0) is 14.2. The maximum Gasteiger partial charge on any atom is 0.408 e. The Bertz CT molecular complexity index is 559. The van der Waals surface area contributed by atoms with E-state index in [1.165, 1.54) is 0 Å². The highest BCUT2D eigenvalue weighted by molar-refractivity contribution is 6.21. The number of carboxylic acid groups (broad SMARTS) is 1. The fraction of sp³-hybridized carbons (Fsp3) is 0.154. The molecule has 1 aliphatic heterocycles. The normalized spacial score (nSPS) is 15.1. The highest BCUT2D eigenvalue weighted by Gasteiger charge is 2.39. The third-order valence-corrected chi connectivity index (χ3v) is 2.98. The molecule has 0 saturated carbocycles. The molecule has 98 valence electrons. The number of carbonyl (C=O) groups excluding carboxylic acids is 2. The van der Waals surface area contributed by atoms with Crippen molar-refractivity contribution < 1.29 is 19.5 Å². The van der Waals surface area contributed by atoms with Crippen LogP contribution in [0, 0.1) is 0 Å². The average Bonchev–Trinajstić information content (AvgIpc) is 2.61. The van der Waals surface area contributed by atoms with Gasteiger partial charge in [-0.1, -0.05) is 18.7 Å². The third-order valence-electron chi connectivity index (χ3n) is 2.98. The van der Waals surface area contributed by atoms with E-state index in [0.717, 1.165) is 4.90 Å². The predicted molar refractivity (Wildman–Crippen MR) is 66.7 cm³/mol. The topological polar surface area (TPSA) is 86.7 Å². The van der Waals surface area contributed by atoms with Gasteiger partial charge in [0.1, 0.15) is 0 Å². The number of amides is 3. The maximum absolute atomic E-state index is 12.1. The molecule has 0 radical (unpaired) electrons. The molecule has 1 heterocycles. The first-order valence-corrected chi connectivity index (χ1v) is 5.59. The molecular formula is C13H12N2O4. The minimum absolute atomic E-state index is 0.0713. The van der Waals surface area contributed by atoms with E-state index in [1.807, 2.05) is 0 Å². The summed E-state index contributed by atoms with van der Waals surface area (Å²) in [5.41, 5.74) is 0.715. The number of nitrogens with one attached hydrogen (secondary N) is 1. The van der Waals surface area contributed by atoms with Crippen molar-refractivity contribution in [1.82, 2.24) is 10.2 Å². The second kappa shape index (κ2) is 4.56. The Morgan fingerprint density at radius 1 is 1.26 bits per heavy atom. The molecule has 1 aliphatic rings. The molecule has 6 heteroatoms. The lowest BCUT2D eigenvalue weighted by Gasteiger charge is -2.23. The molecule has 1 aromatic carbocycles. The summed E-state index contributed by atoms with van der Waals surface area (Å²) in [6.45, 7) is 5.07. The Morgan fingerprint density at radius 2 is 1.74 bits per heavy atom. The van der Waals surface area contributed by atoms with Crippen LogP contribution in [0.15, 0.2) is 36.5 Å². The average molecular weight is 260 g/mol. The van der Waals surface area contributed by atoms with Gasteiger partial charge in [-0.15, -0.1) is 0 Å². The number of imide groups is 1. The van der Waals surface area contributed by atoms with Crippen molar-refractivity contribution in [3.05, 3.63) is 47.7 Å². The van der Waals surface area contributed by atoms with E-state index in [1.54, 1.807) is 31.2 Å². The third kappa shape index (κ3) is 2.08. The fourth-order valence-electron chi connectivity index (χ4n) is 1.96. The van der Waals surface area contributed by atoms with Crippen LogP contribution in [0.5, 0.6) is 0 Å². The highest BCUT2D eigenvalue weighted by atomic mass is 16.4. The van der Waals surface area contributed by atoms with Crippen molar-refractivity contribution in [3.8, 4) is 0 Å². The lowest BCUT2D eigenvalue weighted by molar-refractivity contribution is 0.0613. The minimum Gasteiger partial charge on any atom is -0.465 e. The first-order valence-electron chi connectivity index (χ1n) is 5.59. The standard InChI is InChI=1S/C13H12N2O4/c1-7(14-13(18)19)8(2)15-11(16)9-5-3-4-6-10(9)12(15)17/h3-6,8,14H,1H2,2H3,(H,18,19). The summed E-state index contributed by atoms with van der Waals surface area (Å²) in [7, 11) is 0. The van der Waals surface area contributed by atoms with Crippen LogP contribution in [0.1, 0.15) is 27.6 Å². The molecule has 1 atom stereocenters. The summed E-state index contributed by atoms with van der Waals surface area (Å²) in [4.78, 5) is 35.8. The van der Waals surface area contributed by atoms with Crippen molar-refractivity contribution in [2.24, 2.45) is 0 Å². The van der Waals surface area contributed by atoms with Gasteiger partial charge in [0.2, 0.25) is 0 Å². The van der Waals surface area contributed by atoms with Crippen LogP contribution in [0.25, 0.3) is 0 Å².